The first-order valence-corrected chi connectivity index (χ1v) is 4.32. The Balaban J connectivity index is 3.08. The Morgan fingerprint density at radius 2 is 2.17 bits per heavy atom. The van der Waals surface area contributed by atoms with E-state index >= 15 is 0 Å². The van der Waals surface area contributed by atoms with Crippen LogP contribution in [0.2, 0.25) is 0 Å². The predicted molar refractivity (Wildman–Crippen MR) is 53.6 cm³/mol. The van der Waals surface area contributed by atoms with Crippen LogP contribution in [0.5, 0.6) is 0 Å². The SMILES string of the molecule is CNc1ncc(Br)c(N(C)C)n1. The summed E-state index contributed by atoms with van der Waals surface area (Å²) in [6.45, 7) is 0. The van der Waals surface area contributed by atoms with Gasteiger partial charge in [0.2, 0.25) is 5.95 Å². The Hall–Kier alpha value is -0.840. The first-order valence-electron chi connectivity index (χ1n) is 3.52. The molecule has 0 saturated carbocycles. The first-order chi connectivity index (χ1) is 5.65. The molecule has 1 rings (SSSR count). The maximum Gasteiger partial charge on any atom is 0.224 e. The van der Waals surface area contributed by atoms with Gasteiger partial charge in [-0.25, -0.2) is 4.98 Å². The molecule has 1 aromatic rings. The van der Waals surface area contributed by atoms with E-state index in [0.29, 0.717) is 5.95 Å². The second-order valence-corrected chi connectivity index (χ2v) is 3.36. The van der Waals surface area contributed by atoms with Gasteiger partial charge in [-0.3, -0.25) is 0 Å². The van der Waals surface area contributed by atoms with Gasteiger partial charge in [-0.15, -0.1) is 0 Å². The van der Waals surface area contributed by atoms with Gasteiger partial charge < -0.3 is 10.2 Å². The van der Waals surface area contributed by atoms with E-state index in [0.717, 1.165) is 10.3 Å². The van der Waals surface area contributed by atoms with Gasteiger partial charge in [-0.2, -0.15) is 4.98 Å². The molecule has 0 bridgehead atoms. The Morgan fingerprint density at radius 3 is 2.67 bits per heavy atom. The van der Waals surface area contributed by atoms with E-state index in [-0.39, 0.29) is 0 Å². The summed E-state index contributed by atoms with van der Waals surface area (Å²) in [4.78, 5) is 10.2. The van der Waals surface area contributed by atoms with Gasteiger partial charge in [0.05, 0.1) is 4.47 Å². The molecule has 5 heteroatoms. The minimum Gasteiger partial charge on any atom is -0.362 e. The van der Waals surface area contributed by atoms with E-state index in [9.17, 15) is 0 Å². The zero-order valence-corrected chi connectivity index (χ0v) is 8.88. The van der Waals surface area contributed by atoms with Crippen LogP contribution in [0.1, 0.15) is 0 Å². The Kier molecular flexibility index (Phi) is 2.86. The monoisotopic (exact) mass is 230 g/mol. The van der Waals surface area contributed by atoms with Crippen LogP contribution in [-0.2, 0) is 0 Å². The lowest BCUT2D eigenvalue weighted by Crippen LogP contribution is -2.12. The molecule has 0 unspecified atom stereocenters. The van der Waals surface area contributed by atoms with Crippen molar-refractivity contribution in [2.75, 3.05) is 31.4 Å². The molecule has 1 aromatic heterocycles. The van der Waals surface area contributed by atoms with Crippen molar-refractivity contribution in [1.82, 2.24) is 9.97 Å². The molecule has 0 amide bonds. The van der Waals surface area contributed by atoms with Crippen molar-refractivity contribution in [3.63, 3.8) is 0 Å². The average molecular weight is 231 g/mol. The van der Waals surface area contributed by atoms with Crippen LogP contribution in [-0.4, -0.2) is 31.1 Å². The lowest BCUT2D eigenvalue weighted by molar-refractivity contribution is 1.03. The normalized spacial score (nSPS) is 9.67. The van der Waals surface area contributed by atoms with Crippen molar-refractivity contribution in [1.29, 1.82) is 0 Å². The minimum atomic E-state index is 0.627. The molecule has 0 aromatic carbocycles. The molecule has 1 heterocycles. The molecule has 1 N–H and O–H groups in total. The zero-order valence-electron chi connectivity index (χ0n) is 7.30. The lowest BCUT2D eigenvalue weighted by Gasteiger charge is -2.13. The Labute approximate surface area is 80.1 Å². The van der Waals surface area contributed by atoms with Crippen LogP contribution in [0.4, 0.5) is 11.8 Å². The van der Waals surface area contributed by atoms with Crippen molar-refractivity contribution in [2.45, 2.75) is 0 Å². The van der Waals surface area contributed by atoms with Gasteiger partial charge in [-0.1, -0.05) is 0 Å². The molecule has 0 spiro atoms. The van der Waals surface area contributed by atoms with Gasteiger partial charge in [0.15, 0.2) is 0 Å². The van der Waals surface area contributed by atoms with Crippen molar-refractivity contribution in [2.24, 2.45) is 0 Å². The molecule has 0 aliphatic rings. The quantitative estimate of drug-likeness (QED) is 0.834. The molecule has 0 saturated heterocycles. The summed E-state index contributed by atoms with van der Waals surface area (Å²) in [7, 11) is 5.67. The molecule has 0 radical (unpaired) electrons. The molecule has 0 fully saturated rings. The number of aromatic nitrogens is 2. The van der Waals surface area contributed by atoms with Gasteiger partial charge in [0.25, 0.3) is 0 Å². The smallest absolute Gasteiger partial charge is 0.224 e. The number of halogens is 1. The maximum atomic E-state index is 4.25. The molecule has 0 atom stereocenters. The summed E-state index contributed by atoms with van der Waals surface area (Å²) in [6, 6.07) is 0. The number of anilines is 2. The van der Waals surface area contributed by atoms with Crippen LogP contribution < -0.4 is 10.2 Å². The van der Waals surface area contributed by atoms with Gasteiger partial charge in [-0.05, 0) is 15.9 Å². The Bertz CT molecular complexity index is 274. The van der Waals surface area contributed by atoms with E-state index in [1.807, 2.05) is 19.0 Å². The third kappa shape index (κ3) is 1.85. The number of nitrogens with zero attached hydrogens (tertiary/aromatic N) is 3. The van der Waals surface area contributed by atoms with Gasteiger partial charge >= 0.3 is 0 Å². The molecule has 66 valence electrons. The molecule has 12 heavy (non-hydrogen) atoms. The largest absolute Gasteiger partial charge is 0.362 e. The van der Waals surface area contributed by atoms with E-state index < -0.39 is 0 Å². The standard InChI is InChI=1S/C7H11BrN4/c1-9-7-10-4-5(8)6(11-7)12(2)3/h4H,1-3H3,(H,9,10,11). The van der Waals surface area contributed by atoms with Crippen LogP contribution in [0.25, 0.3) is 0 Å². The van der Waals surface area contributed by atoms with Crippen molar-refractivity contribution in [3.05, 3.63) is 10.7 Å². The van der Waals surface area contributed by atoms with E-state index in [1.165, 1.54) is 0 Å². The highest BCUT2D eigenvalue weighted by atomic mass is 79.9. The topological polar surface area (TPSA) is 41.1 Å². The molecule has 4 nitrogen and oxygen atoms in total. The maximum absolute atomic E-state index is 4.25. The van der Waals surface area contributed by atoms with Gasteiger partial charge in [0.1, 0.15) is 5.82 Å². The summed E-state index contributed by atoms with van der Waals surface area (Å²) < 4.78 is 0.895. The summed E-state index contributed by atoms with van der Waals surface area (Å²) in [5.74, 6) is 1.50. The number of rotatable bonds is 2. The van der Waals surface area contributed by atoms with Crippen LogP contribution >= 0.6 is 15.9 Å². The fourth-order valence-electron chi connectivity index (χ4n) is 0.792. The number of nitrogens with one attached hydrogen (secondary N) is 1. The van der Waals surface area contributed by atoms with E-state index in [4.69, 9.17) is 0 Å². The average Bonchev–Trinajstić information content (AvgIpc) is 2.05. The summed E-state index contributed by atoms with van der Waals surface area (Å²) >= 11 is 3.37. The minimum absolute atomic E-state index is 0.627. The van der Waals surface area contributed by atoms with E-state index in [2.05, 4.69) is 31.2 Å². The fourth-order valence-corrected chi connectivity index (χ4v) is 1.34. The highest BCUT2D eigenvalue weighted by Gasteiger charge is 2.04. The zero-order chi connectivity index (χ0) is 9.14. The first kappa shape index (κ1) is 9.25. The Morgan fingerprint density at radius 1 is 1.50 bits per heavy atom. The second-order valence-electron chi connectivity index (χ2n) is 2.51. The van der Waals surface area contributed by atoms with Gasteiger partial charge in [0, 0.05) is 27.3 Å². The third-order valence-corrected chi connectivity index (χ3v) is 1.93. The van der Waals surface area contributed by atoms with E-state index in [1.54, 1.807) is 13.2 Å². The second kappa shape index (κ2) is 3.71. The summed E-state index contributed by atoms with van der Waals surface area (Å²) in [5.41, 5.74) is 0. The third-order valence-electron chi connectivity index (χ3n) is 1.37. The molecular formula is C7H11BrN4. The predicted octanol–water partition coefficient (Wildman–Crippen LogP) is 1.35. The summed E-state index contributed by atoms with van der Waals surface area (Å²) in [6.07, 6.45) is 1.73. The molecule has 0 aliphatic carbocycles. The van der Waals surface area contributed by atoms with Crippen LogP contribution in [0, 0.1) is 0 Å². The summed E-state index contributed by atoms with van der Waals surface area (Å²) in [5, 5.41) is 2.88. The lowest BCUT2D eigenvalue weighted by atomic mass is 10.5. The van der Waals surface area contributed by atoms with Crippen molar-refractivity contribution < 1.29 is 0 Å². The molecular weight excluding hydrogens is 220 g/mol. The van der Waals surface area contributed by atoms with Crippen LogP contribution in [0.15, 0.2) is 10.7 Å². The molecule has 0 aliphatic heterocycles. The highest BCUT2D eigenvalue weighted by Crippen LogP contribution is 2.21. The van der Waals surface area contributed by atoms with Crippen molar-refractivity contribution in [3.8, 4) is 0 Å². The number of hydrogen-bond acceptors (Lipinski definition) is 4. The number of hydrogen-bond donors (Lipinski definition) is 1. The van der Waals surface area contributed by atoms with Crippen LogP contribution in [0.3, 0.4) is 0 Å². The highest BCUT2D eigenvalue weighted by molar-refractivity contribution is 9.10. The fraction of sp³-hybridized carbons (Fsp3) is 0.429. The van der Waals surface area contributed by atoms with Crippen molar-refractivity contribution >= 4 is 27.7 Å².